The van der Waals surface area contributed by atoms with Crippen molar-refractivity contribution < 1.29 is 32.3 Å². The third kappa shape index (κ3) is 6.92. The molecule has 3 atom stereocenters. The van der Waals surface area contributed by atoms with E-state index in [1.54, 1.807) is 0 Å². The van der Waals surface area contributed by atoms with Gasteiger partial charge in [-0.2, -0.15) is 13.2 Å². The molecule has 238 valence electrons. The molecule has 3 heterocycles. The molecule has 2 amide bonds. The fourth-order valence-electron chi connectivity index (χ4n) is 5.86. The molecular weight excluding hydrogens is 600 g/mol. The Balaban J connectivity index is 1.48. The first-order valence-corrected chi connectivity index (χ1v) is 15.5. The Morgan fingerprint density at radius 2 is 1.77 bits per heavy atom. The summed E-state index contributed by atoms with van der Waals surface area (Å²) in [6.45, 7) is 4.97. The number of halogens is 4. The molecule has 2 aromatic rings. The average molecular weight is 637 g/mol. The summed E-state index contributed by atoms with van der Waals surface area (Å²) < 4.78 is 57.1. The van der Waals surface area contributed by atoms with Gasteiger partial charge in [0.15, 0.2) is 0 Å². The molecule has 1 saturated carbocycles. The monoisotopic (exact) mass is 636 g/mol. The van der Waals surface area contributed by atoms with Gasteiger partial charge in [-0.3, -0.25) is 14.5 Å². The lowest BCUT2D eigenvalue weighted by Crippen LogP contribution is -2.55. The lowest BCUT2D eigenvalue weighted by molar-refractivity contribution is -0.115. The normalized spacial score (nSPS) is 23.5. The number of carbonyl (C=O) groups excluding carboxylic acids is 2. The van der Waals surface area contributed by atoms with Gasteiger partial charge in [0, 0.05) is 49.0 Å². The number of alkyl halides is 3. The van der Waals surface area contributed by atoms with E-state index in [2.05, 4.69) is 25.8 Å². The van der Waals surface area contributed by atoms with Crippen LogP contribution in [0.15, 0.2) is 41.8 Å². The number of likely N-dealkylation sites (N-methyl/N-ethyl adjacent to an activating group) is 1. The van der Waals surface area contributed by atoms with Crippen molar-refractivity contribution in [2.75, 3.05) is 30.4 Å². The number of carbonyl (C=O) groups is 2. The van der Waals surface area contributed by atoms with Crippen molar-refractivity contribution in [3.63, 3.8) is 0 Å². The van der Waals surface area contributed by atoms with Gasteiger partial charge in [0.2, 0.25) is 0 Å². The van der Waals surface area contributed by atoms with Crippen LogP contribution in [-0.2, 0) is 4.79 Å². The quantitative estimate of drug-likeness (QED) is 0.338. The molecule has 1 saturated heterocycles. The number of amides is 2. The molecule has 9 nitrogen and oxygen atoms in total. The molecule has 1 unspecified atom stereocenters. The van der Waals surface area contributed by atoms with E-state index in [1.165, 1.54) is 18.3 Å². The first kappa shape index (κ1) is 31.9. The maximum atomic E-state index is 15.8. The lowest BCUT2D eigenvalue weighted by Gasteiger charge is -2.44. The first-order valence-electron chi connectivity index (χ1n) is 14.6. The summed E-state index contributed by atoms with van der Waals surface area (Å²) in [7, 11) is 1.98. The van der Waals surface area contributed by atoms with Crippen molar-refractivity contribution in [2.24, 2.45) is 0 Å². The molecule has 1 aliphatic carbocycles. The lowest BCUT2D eigenvalue weighted by atomic mass is 9.95. The number of thiazole rings is 1. The summed E-state index contributed by atoms with van der Waals surface area (Å²) in [5, 5.41) is 17.8. The highest BCUT2D eigenvalue weighted by molar-refractivity contribution is 7.16. The third-order valence-electron chi connectivity index (χ3n) is 8.50. The van der Waals surface area contributed by atoms with Crippen molar-refractivity contribution >= 4 is 34.5 Å². The van der Waals surface area contributed by atoms with Crippen LogP contribution in [0.5, 0.6) is 0 Å². The molecule has 0 radical (unpaired) electrons. The molecule has 0 bridgehead atoms. The standard InChI is InChI=1S/C30H36F4N6O3S/c1-16-14-40(15-17(2)39(16)3)24-11-22(31)19(29-36-13-25(44-29)28(43)37-18-7-5-4-6-8-18)9-23(24)38-27(42)20-12-35-26(41)10-21(20)30(32,33)34/h9-13,16-18,26,35,41H,4-8,14-15H2,1-3H3,(H,37,43)(H,38,42)/t16-,17+,26?. The molecule has 0 spiro atoms. The van der Waals surface area contributed by atoms with E-state index in [9.17, 15) is 27.9 Å². The van der Waals surface area contributed by atoms with Gasteiger partial charge in [0.25, 0.3) is 11.8 Å². The minimum atomic E-state index is -4.90. The number of piperazine rings is 1. The van der Waals surface area contributed by atoms with Crippen LogP contribution in [0.3, 0.4) is 0 Å². The van der Waals surface area contributed by atoms with Gasteiger partial charge >= 0.3 is 6.18 Å². The van der Waals surface area contributed by atoms with E-state index < -0.39 is 35.3 Å². The second-order valence-electron chi connectivity index (χ2n) is 11.7. The van der Waals surface area contributed by atoms with Gasteiger partial charge in [0.05, 0.1) is 28.7 Å². The van der Waals surface area contributed by atoms with Crippen molar-refractivity contribution in [2.45, 2.75) is 76.5 Å². The van der Waals surface area contributed by atoms with Crippen LogP contribution in [0.4, 0.5) is 28.9 Å². The van der Waals surface area contributed by atoms with E-state index in [-0.39, 0.29) is 40.3 Å². The second-order valence-corrected chi connectivity index (χ2v) is 12.7. The SMILES string of the molecule is C[C@@H]1CN(c2cc(F)c(-c3ncc(C(=O)NC4CCCCC4)s3)cc2NC(=O)C2=CNC(O)C=C2C(F)(F)F)C[C@H](C)N1C. The first-order chi connectivity index (χ1) is 20.8. The van der Waals surface area contributed by atoms with Crippen LogP contribution in [-0.4, -0.2) is 77.5 Å². The van der Waals surface area contributed by atoms with E-state index in [0.717, 1.165) is 49.6 Å². The number of aliphatic hydroxyl groups excluding tert-OH is 1. The smallest absolute Gasteiger partial charge is 0.370 e. The van der Waals surface area contributed by atoms with Crippen molar-refractivity contribution in [1.82, 2.24) is 20.5 Å². The molecule has 1 aromatic heterocycles. The Morgan fingerprint density at radius 1 is 1.09 bits per heavy atom. The molecular formula is C30H36F4N6O3S. The van der Waals surface area contributed by atoms with Gasteiger partial charge in [-0.1, -0.05) is 19.3 Å². The number of hydrogen-bond acceptors (Lipinski definition) is 8. The van der Waals surface area contributed by atoms with Crippen molar-refractivity contribution in [1.29, 1.82) is 0 Å². The minimum absolute atomic E-state index is 0.00116. The highest BCUT2D eigenvalue weighted by Crippen LogP contribution is 2.39. The molecule has 1 aromatic carbocycles. The number of benzene rings is 1. The maximum absolute atomic E-state index is 15.8. The van der Waals surface area contributed by atoms with Gasteiger partial charge in [0.1, 0.15) is 21.9 Å². The van der Waals surface area contributed by atoms with Crippen LogP contribution in [0, 0.1) is 5.82 Å². The number of aromatic nitrogens is 1. The van der Waals surface area contributed by atoms with Gasteiger partial charge in [-0.05, 0) is 45.9 Å². The van der Waals surface area contributed by atoms with E-state index in [1.807, 2.05) is 25.8 Å². The average Bonchev–Trinajstić information content (AvgIpc) is 3.47. The second kappa shape index (κ2) is 12.9. The number of nitrogens with zero attached hydrogens (tertiary/aromatic N) is 3. The van der Waals surface area contributed by atoms with Crippen LogP contribution in [0.1, 0.15) is 55.6 Å². The largest absolute Gasteiger partial charge is 0.417 e. The predicted molar refractivity (Wildman–Crippen MR) is 161 cm³/mol. The number of rotatable bonds is 6. The summed E-state index contributed by atoms with van der Waals surface area (Å²) in [6, 6.07) is 2.81. The van der Waals surface area contributed by atoms with E-state index in [0.29, 0.717) is 29.7 Å². The summed E-state index contributed by atoms with van der Waals surface area (Å²) in [6.07, 6.45) is 1.22. The number of anilines is 2. The molecule has 2 aliphatic heterocycles. The highest BCUT2D eigenvalue weighted by atomic mass is 32.1. The van der Waals surface area contributed by atoms with Gasteiger partial charge in [-0.25, -0.2) is 9.37 Å². The Morgan fingerprint density at radius 3 is 2.43 bits per heavy atom. The topological polar surface area (TPSA) is 110 Å². The van der Waals surface area contributed by atoms with Crippen molar-refractivity contribution in [3.8, 4) is 10.6 Å². The highest BCUT2D eigenvalue weighted by Gasteiger charge is 2.40. The predicted octanol–water partition coefficient (Wildman–Crippen LogP) is 4.77. The molecule has 44 heavy (non-hydrogen) atoms. The zero-order valence-corrected chi connectivity index (χ0v) is 25.5. The maximum Gasteiger partial charge on any atom is 0.417 e. The van der Waals surface area contributed by atoms with Gasteiger partial charge < -0.3 is 26.0 Å². The van der Waals surface area contributed by atoms with E-state index >= 15 is 4.39 Å². The summed E-state index contributed by atoms with van der Waals surface area (Å²) in [4.78, 5) is 34.9. The molecule has 3 aliphatic rings. The third-order valence-corrected chi connectivity index (χ3v) is 9.53. The summed E-state index contributed by atoms with van der Waals surface area (Å²) in [5.41, 5.74) is -1.62. The number of aliphatic hydroxyl groups is 1. The zero-order chi connectivity index (χ0) is 31.8. The van der Waals surface area contributed by atoms with Crippen molar-refractivity contribution in [3.05, 3.63) is 52.4 Å². The zero-order valence-electron chi connectivity index (χ0n) is 24.7. The number of nitrogens with one attached hydrogen (secondary N) is 3. The molecule has 5 rings (SSSR count). The molecule has 2 fully saturated rings. The van der Waals surface area contributed by atoms with Crippen LogP contribution in [0.25, 0.3) is 10.6 Å². The van der Waals surface area contributed by atoms with E-state index in [4.69, 9.17) is 0 Å². The van der Waals surface area contributed by atoms with Crippen LogP contribution < -0.4 is 20.9 Å². The summed E-state index contributed by atoms with van der Waals surface area (Å²) in [5.74, 6) is -2.03. The Hall–Kier alpha value is -3.49. The molecule has 4 N–H and O–H groups in total. The Labute approximate surface area is 257 Å². The summed E-state index contributed by atoms with van der Waals surface area (Å²) >= 11 is 0.996. The minimum Gasteiger partial charge on any atom is -0.370 e. The number of hydrogen-bond donors (Lipinski definition) is 4. The van der Waals surface area contributed by atoms with Crippen LogP contribution >= 0.6 is 11.3 Å². The Bertz CT molecular complexity index is 1460. The number of dihydropyridines is 1. The van der Waals surface area contributed by atoms with Crippen LogP contribution in [0.2, 0.25) is 0 Å². The fourth-order valence-corrected chi connectivity index (χ4v) is 6.70. The Kier molecular flexibility index (Phi) is 9.33. The molecule has 14 heteroatoms. The van der Waals surface area contributed by atoms with Gasteiger partial charge in [-0.15, -0.1) is 11.3 Å². The fraction of sp³-hybridized carbons (Fsp3) is 0.500.